The van der Waals surface area contributed by atoms with Crippen molar-refractivity contribution in [2.24, 2.45) is 0 Å². The monoisotopic (exact) mass is 346 g/mol. The van der Waals surface area contributed by atoms with Gasteiger partial charge in [-0.25, -0.2) is 9.07 Å². The number of nitrogens with one attached hydrogen (secondary N) is 1. The molecule has 128 valence electrons. The summed E-state index contributed by atoms with van der Waals surface area (Å²) < 4.78 is 15.1. The Hall–Kier alpha value is -3.54. The average Bonchev–Trinajstić information content (AvgIpc) is 3.07. The van der Waals surface area contributed by atoms with E-state index >= 15 is 0 Å². The number of halogens is 1. The van der Waals surface area contributed by atoms with Gasteiger partial charge in [-0.1, -0.05) is 23.4 Å². The predicted octanol–water partition coefficient (Wildman–Crippen LogP) is 4.12. The number of hydrogen-bond donors (Lipinski definition) is 1. The zero-order valence-corrected chi connectivity index (χ0v) is 14.0. The molecular formula is C20H15FN4O. The minimum Gasteiger partial charge on any atom is -0.322 e. The second-order valence-electron chi connectivity index (χ2n) is 5.96. The van der Waals surface area contributed by atoms with Gasteiger partial charge < -0.3 is 5.32 Å². The van der Waals surface area contributed by atoms with E-state index < -0.39 is 0 Å². The number of benzene rings is 3. The lowest BCUT2D eigenvalue weighted by Crippen LogP contribution is -2.12. The number of anilines is 1. The molecule has 4 rings (SSSR count). The molecule has 0 radical (unpaired) electrons. The minimum atomic E-state index is -0.325. The maximum absolute atomic E-state index is 13.4. The largest absolute Gasteiger partial charge is 0.322 e. The molecule has 0 aliphatic heterocycles. The number of carbonyl (C=O) groups is 1. The van der Waals surface area contributed by atoms with E-state index in [0.29, 0.717) is 22.0 Å². The van der Waals surface area contributed by atoms with E-state index in [-0.39, 0.29) is 11.7 Å². The zero-order chi connectivity index (χ0) is 18.1. The third-order valence-corrected chi connectivity index (χ3v) is 4.18. The number of hydrogen-bond acceptors (Lipinski definition) is 3. The van der Waals surface area contributed by atoms with Gasteiger partial charge in [0.2, 0.25) is 0 Å². The van der Waals surface area contributed by atoms with E-state index in [1.165, 1.54) is 12.1 Å². The smallest absolute Gasteiger partial charge is 0.256 e. The van der Waals surface area contributed by atoms with E-state index in [4.69, 9.17) is 0 Å². The van der Waals surface area contributed by atoms with E-state index in [9.17, 15) is 9.18 Å². The molecule has 4 aromatic rings. The van der Waals surface area contributed by atoms with Crippen LogP contribution in [-0.2, 0) is 0 Å². The molecule has 0 bridgehead atoms. The molecule has 1 heterocycles. The molecule has 26 heavy (non-hydrogen) atoms. The summed E-state index contributed by atoms with van der Waals surface area (Å²) in [5.74, 6) is -0.569. The topological polar surface area (TPSA) is 59.8 Å². The Morgan fingerprint density at radius 1 is 1.08 bits per heavy atom. The van der Waals surface area contributed by atoms with Gasteiger partial charge in [0.1, 0.15) is 5.82 Å². The molecule has 0 saturated heterocycles. The summed E-state index contributed by atoms with van der Waals surface area (Å²) in [4.78, 5) is 12.6. The lowest BCUT2D eigenvalue weighted by molar-refractivity contribution is 0.102. The van der Waals surface area contributed by atoms with E-state index in [0.717, 1.165) is 11.4 Å². The Morgan fingerprint density at radius 2 is 1.88 bits per heavy atom. The van der Waals surface area contributed by atoms with E-state index in [2.05, 4.69) is 15.6 Å². The Bertz CT molecular complexity index is 1100. The third kappa shape index (κ3) is 2.93. The number of carbonyl (C=O) groups excluding carboxylic acids is 1. The van der Waals surface area contributed by atoms with Crippen LogP contribution in [0, 0.1) is 12.7 Å². The molecule has 5 nitrogen and oxygen atoms in total. The van der Waals surface area contributed by atoms with Crippen molar-refractivity contribution in [3.05, 3.63) is 83.9 Å². The van der Waals surface area contributed by atoms with Crippen molar-refractivity contribution in [2.45, 2.75) is 6.92 Å². The van der Waals surface area contributed by atoms with Gasteiger partial charge in [-0.05, 0) is 60.2 Å². The molecule has 0 spiro atoms. The lowest BCUT2D eigenvalue weighted by Gasteiger charge is -2.09. The first kappa shape index (κ1) is 16.0. The van der Waals surface area contributed by atoms with Gasteiger partial charge in [0.15, 0.2) is 0 Å². The normalized spacial score (nSPS) is 10.8. The van der Waals surface area contributed by atoms with Crippen molar-refractivity contribution in [2.75, 3.05) is 5.32 Å². The summed E-state index contributed by atoms with van der Waals surface area (Å²) in [6.07, 6.45) is 1.68. The first-order chi connectivity index (χ1) is 12.6. The average molecular weight is 346 g/mol. The molecule has 0 fully saturated rings. The molecule has 0 atom stereocenters. The van der Waals surface area contributed by atoms with Crippen LogP contribution in [0.1, 0.15) is 16.1 Å². The minimum absolute atomic E-state index is 0.244. The molecule has 0 saturated carbocycles. The van der Waals surface area contributed by atoms with Crippen molar-refractivity contribution in [1.29, 1.82) is 0 Å². The summed E-state index contributed by atoms with van der Waals surface area (Å²) in [7, 11) is 0. The molecule has 1 aromatic heterocycles. The summed E-state index contributed by atoms with van der Waals surface area (Å²) in [6, 6.07) is 17.0. The van der Waals surface area contributed by atoms with Crippen LogP contribution in [0.2, 0.25) is 0 Å². The molecular weight excluding hydrogens is 331 g/mol. The highest BCUT2D eigenvalue weighted by Crippen LogP contribution is 2.21. The van der Waals surface area contributed by atoms with Gasteiger partial charge in [0.05, 0.1) is 17.6 Å². The van der Waals surface area contributed by atoms with Crippen LogP contribution in [0.5, 0.6) is 0 Å². The van der Waals surface area contributed by atoms with E-state index in [1.807, 2.05) is 19.1 Å². The quantitative estimate of drug-likeness (QED) is 0.607. The SMILES string of the molecule is Cc1cnnn1-c1ccc(NC(=O)c2cccc3cc(F)ccc23)cc1. The number of amides is 1. The molecule has 1 N–H and O–H groups in total. The fourth-order valence-electron chi connectivity index (χ4n) is 2.88. The van der Waals surface area contributed by atoms with Gasteiger partial charge in [-0.15, -0.1) is 5.10 Å². The summed E-state index contributed by atoms with van der Waals surface area (Å²) in [5, 5.41) is 12.1. The first-order valence-corrected chi connectivity index (χ1v) is 8.09. The highest BCUT2D eigenvalue weighted by atomic mass is 19.1. The van der Waals surface area contributed by atoms with Crippen molar-refractivity contribution < 1.29 is 9.18 Å². The second-order valence-corrected chi connectivity index (χ2v) is 5.96. The maximum Gasteiger partial charge on any atom is 0.256 e. The Morgan fingerprint density at radius 3 is 2.62 bits per heavy atom. The molecule has 6 heteroatoms. The predicted molar refractivity (Wildman–Crippen MR) is 98.0 cm³/mol. The molecule has 1 amide bonds. The zero-order valence-electron chi connectivity index (χ0n) is 14.0. The Labute approximate surface area is 149 Å². The van der Waals surface area contributed by atoms with Gasteiger partial charge in [0, 0.05) is 11.3 Å². The highest BCUT2D eigenvalue weighted by molar-refractivity contribution is 6.12. The number of fused-ring (bicyclic) bond motifs is 1. The van der Waals surface area contributed by atoms with Crippen LogP contribution in [0.15, 0.2) is 66.9 Å². The van der Waals surface area contributed by atoms with Crippen molar-refractivity contribution in [1.82, 2.24) is 15.0 Å². The molecule has 0 aliphatic rings. The molecule has 0 aliphatic carbocycles. The number of aromatic nitrogens is 3. The van der Waals surface area contributed by atoms with Crippen molar-refractivity contribution in [3.8, 4) is 5.69 Å². The Kier molecular flexibility index (Phi) is 3.93. The van der Waals surface area contributed by atoms with Crippen LogP contribution in [0.25, 0.3) is 16.5 Å². The number of rotatable bonds is 3. The first-order valence-electron chi connectivity index (χ1n) is 8.09. The van der Waals surface area contributed by atoms with Crippen LogP contribution >= 0.6 is 0 Å². The van der Waals surface area contributed by atoms with Gasteiger partial charge in [-0.2, -0.15) is 0 Å². The fourth-order valence-corrected chi connectivity index (χ4v) is 2.88. The molecule has 0 unspecified atom stereocenters. The van der Waals surface area contributed by atoms with Crippen molar-refractivity contribution >= 4 is 22.4 Å². The highest BCUT2D eigenvalue weighted by Gasteiger charge is 2.11. The van der Waals surface area contributed by atoms with Gasteiger partial charge in [0.25, 0.3) is 5.91 Å². The standard InChI is InChI=1S/C20H15FN4O/c1-13-12-22-24-25(13)17-8-6-16(7-9-17)23-20(26)19-4-2-3-14-11-15(21)5-10-18(14)19/h2-12H,1H3,(H,23,26). The van der Waals surface area contributed by atoms with E-state index in [1.54, 1.807) is 47.3 Å². The van der Waals surface area contributed by atoms with Crippen LogP contribution < -0.4 is 5.32 Å². The fraction of sp³-hybridized carbons (Fsp3) is 0.0500. The van der Waals surface area contributed by atoms with Crippen LogP contribution in [-0.4, -0.2) is 20.9 Å². The summed E-state index contributed by atoms with van der Waals surface area (Å²) >= 11 is 0. The second kappa shape index (κ2) is 6.40. The third-order valence-electron chi connectivity index (χ3n) is 4.18. The van der Waals surface area contributed by atoms with Crippen LogP contribution in [0.3, 0.4) is 0 Å². The molecule has 3 aromatic carbocycles. The van der Waals surface area contributed by atoms with Crippen LogP contribution in [0.4, 0.5) is 10.1 Å². The lowest BCUT2D eigenvalue weighted by atomic mass is 10.0. The van der Waals surface area contributed by atoms with Gasteiger partial charge >= 0.3 is 0 Å². The van der Waals surface area contributed by atoms with Gasteiger partial charge in [-0.3, -0.25) is 4.79 Å². The van der Waals surface area contributed by atoms with Crippen molar-refractivity contribution in [3.63, 3.8) is 0 Å². The Balaban J connectivity index is 1.60. The number of nitrogens with zero attached hydrogens (tertiary/aromatic N) is 3. The maximum atomic E-state index is 13.4. The number of aryl methyl sites for hydroxylation is 1. The summed E-state index contributed by atoms with van der Waals surface area (Å²) in [5.41, 5.74) is 2.94. The summed E-state index contributed by atoms with van der Waals surface area (Å²) in [6.45, 7) is 1.92.